The zero-order chi connectivity index (χ0) is 19.8. The third-order valence-electron chi connectivity index (χ3n) is 3.12. The molecule has 0 unspecified atom stereocenters. The number of carbonyl (C=O) groups excluding carboxylic acids is 1. The van der Waals surface area contributed by atoms with Crippen molar-refractivity contribution in [2.24, 2.45) is 4.99 Å². The maximum Gasteiger partial charge on any atom is 0.408 e. The molecule has 0 aromatic carbocycles. The van der Waals surface area contributed by atoms with Gasteiger partial charge in [-0.05, 0) is 48.5 Å². The summed E-state index contributed by atoms with van der Waals surface area (Å²) in [4.78, 5) is 22.1. The number of hydrogen-bond donors (Lipinski definition) is 3. The van der Waals surface area contributed by atoms with Gasteiger partial charge in [0, 0.05) is 30.6 Å². The monoisotopic (exact) mass is 383 g/mol. The standard InChI is InChI=1S/C18H33N5O2S/c1-8-19-15(20-10-9-14-21-11-13(2)26-14)22-12-18(6,7)23-16(24)25-17(3,4)5/h11H,8-10,12H2,1-7H3,(H,23,24)(H2,19,20,22). The molecule has 0 aliphatic rings. The van der Waals surface area contributed by atoms with E-state index >= 15 is 0 Å². The van der Waals surface area contributed by atoms with Crippen LogP contribution in [-0.4, -0.2) is 47.8 Å². The number of ether oxygens (including phenoxy) is 1. The Morgan fingerprint density at radius 3 is 2.50 bits per heavy atom. The summed E-state index contributed by atoms with van der Waals surface area (Å²) in [6, 6.07) is 0. The average molecular weight is 384 g/mol. The number of rotatable bonds is 7. The van der Waals surface area contributed by atoms with E-state index < -0.39 is 17.2 Å². The summed E-state index contributed by atoms with van der Waals surface area (Å²) in [5, 5.41) is 10.5. The fourth-order valence-corrected chi connectivity index (χ4v) is 2.83. The molecule has 0 saturated carbocycles. The molecule has 1 amide bonds. The number of aromatic nitrogens is 1. The van der Waals surface area contributed by atoms with Gasteiger partial charge in [-0.3, -0.25) is 4.99 Å². The average Bonchev–Trinajstić information content (AvgIpc) is 2.87. The van der Waals surface area contributed by atoms with Crippen molar-refractivity contribution in [3.8, 4) is 0 Å². The first kappa shape index (κ1) is 22.2. The molecule has 0 atom stereocenters. The summed E-state index contributed by atoms with van der Waals surface area (Å²) < 4.78 is 5.31. The van der Waals surface area contributed by atoms with Gasteiger partial charge in [0.05, 0.1) is 17.1 Å². The number of carbonyl (C=O) groups is 1. The molecule has 8 heteroatoms. The van der Waals surface area contributed by atoms with E-state index in [2.05, 4.69) is 32.9 Å². The Hall–Kier alpha value is -1.83. The molecule has 1 heterocycles. The van der Waals surface area contributed by atoms with Crippen molar-refractivity contribution in [2.45, 2.75) is 66.0 Å². The highest BCUT2D eigenvalue weighted by Crippen LogP contribution is 2.11. The Kier molecular flexibility index (Phi) is 8.33. The highest BCUT2D eigenvalue weighted by atomic mass is 32.1. The maximum absolute atomic E-state index is 12.0. The lowest BCUT2D eigenvalue weighted by Crippen LogP contribution is -2.49. The molecule has 0 fully saturated rings. The van der Waals surface area contributed by atoms with Gasteiger partial charge in [-0.25, -0.2) is 9.78 Å². The van der Waals surface area contributed by atoms with Crippen molar-refractivity contribution in [3.63, 3.8) is 0 Å². The summed E-state index contributed by atoms with van der Waals surface area (Å²) in [7, 11) is 0. The van der Waals surface area contributed by atoms with Crippen LogP contribution in [0.5, 0.6) is 0 Å². The second-order valence-electron chi connectivity index (χ2n) is 7.75. The van der Waals surface area contributed by atoms with Crippen molar-refractivity contribution >= 4 is 23.4 Å². The number of aliphatic imine (C=N–C) groups is 1. The van der Waals surface area contributed by atoms with Crippen molar-refractivity contribution in [2.75, 3.05) is 19.6 Å². The van der Waals surface area contributed by atoms with E-state index in [1.807, 2.05) is 47.7 Å². The van der Waals surface area contributed by atoms with Crippen LogP contribution in [0.1, 0.15) is 51.4 Å². The van der Waals surface area contributed by atoms with Crippen LogP contribution >= 0.6 is 11.3 Å². The van der Waals surface area contributed by atoms with E-state index in [9.17, 15) is 4.79 Å². The number of nitrogens with one attached hydrogen (secondary N) is 3. The largest absolute Gasteiger partial charge is 0.444 e. The third kappa shape index (κ3) is 9.60. The van der Waals surface area contributed by atoms with E-state index in [0.717, 1.165) is 30.5 Å². The molecule has 7 nitrogen and oxygen atoms in total. The predicted octanol–water partition coefficient (Wildman–Crippen LogP) is 2.85. The molecule has 0 bridgehead atoms. The zero-order valence-electron chi connectivity index (χ0n) is 17.0. The molecule has 3 N–H and O–H groups in total. The van der Waals surface area contributed by atoms with Gasteiger partial charge in [-0.1, -0.05) is 0 Å². The van der Waals surface area contributed by atoms with E-state index in [4.69, 9.17) is 4.74 Å². The van der Waals surface area contributed by atoms with Gasteiger partial charge in [0.1, 0.15) is 5.60 Å². The third-order valence-corrected chi connectivity index (χ3v) is 4.09. The maximum atomic E-state index is 12.0. The first-order valence-electron chi connectivity index (χ1n) is 8.95. The Morgan fingerprint density at radius 1 is 1.27 bits per heavy atom. The molecule has 26 heavy (non-hydrogen) atoms. The molecule has 1 aromatic heterocycles. The van der Waals surface area contributed by atoms with Crippen LogP contribution < -0.4 is 16.0 Å². The number of guanidine groups is 1. The summed E-state index contributed by atoms with van der Waals surface area (Å²) >= 11 is 1.71. The molecular weight excluding hydrogens is 350 g/mol. The summed E-state index contributed by atoms with van der Waals surface area (Å²) in [6.07, 6.45) is 2.31. The van der Waals surface area contributed by atoms with E-state index in [1.54, 1.807) is 11.3 Å². The molecule has 0 aliphatic carbocycles. The smallest absolute Gasteiger partial charge is 0.408 e. The second-order valence-corrected chi connectivity index (χ2v) is 9.07. The van der Waals surface area contributed by atoms with Crippen molar-refractivity contribution in [1.29, 1.82) is 0 Å². The number of amides is 1. The van der Waals surface area contributed by atoms with E-state index in [-0.39, 0.29) is 0 Å². The number of aryl methyl sites for hydroxylation is 1. The minimum absolute atomic E-state index is 0.429. The van der Waals surface area contributed by atoms with Gasteiger partial charge < -0.3 is 20.7 Å². The molecule has 0 saturated heterocycles. The SMILES string of the molecule is CCNC(=NCC(C)(C)NC(=O)OC(C)(C)C)NCCc1ncc(C)s1. The van der Waals surface area contributed by atoms with Crippen molar-refractivity contribution < 1.29 is 9.53 Å². The normalized spacial score (nSPS) is 12.7. The van der Waals surface area contributed by atoms with Crippen LogP contribution in [0.3, 0.4) is 0 Å². The Labute approximate surface area is 161 Å². The molecular formula is C18H33N5O2S. The minimum atomic E-state index is -0.520. The fraction of sp³-hybridized carbons (Fsp3) is 0.722. The fourth-order valence-electron chi connectivity index (χ4n) is 2.04. The number of nitrogens with zero attached hydrogens (tertiary/aromatic N) is 2. The van der Waals surface area contributed by atoms with Gasteiger partial charge in [-0.2, -0.15) is 0 Å². The van der Waals surface area contributed by atoms with E-state index in [0.29, 0.717) is 6.54 Å². The predicted molar refractivity (Wildman–Crippen MR) is 108 cm³/mol. The van der Waals surface area contributed by atoms with E-state index in [1.165, 1.54) is 4.88 Å². The van der Waals surface area contributed by atoms with Gasteiger partial charge >= 0.3 is 6.09 Å². The second kappa shape index (κ2) is 9.75. The summed E-state index contributed by atoms with van der Waals surface area (Å²) in [5.74, 6) is 0.722. The van der Waals surface area contributed by atoms with Crippen molar-refractivity contribution in [3.05, 3.63) is 16.1 Å². The Morgan fingerprint density at radius 2 is 1.96 bits per heavy atom. The highest BCUT2D eigenvalue weighted by Gasteiger charge is 2.24. The zero-order valence-corrected chi connectivity index (χ0v) is 17.8. The van der Waals surface area contributed by atoms with Crippen LogP contribution in [0, 0.1) is 6.92 Å². The molecule has 1 aromatic rings. The lowest BCUT2D eigenvalue weighted by molar-refractivity contribution is 0.0476. The summed E-state index contributed by atoms with van der Waals surface area (Å²) in [5.41, 5.74) is -1.04. The minimum Gasteiger partial charge on any atom is -0.444 e. The molecule has 0 radical (unpaired) electrons. The van der Waals surface area contributed by atoms with Crippen LogP contribution in [0.15, 0.2) is 11.2 Å². The lowest BCUT2D eigenvalue weighted by atomic mass is 10.1. The molecule has 1 rings (SSSR count). The van der Waals surface area contributed by atoms with Gasteiger partial charge in [-0.15, -0.1) is 11.3 Å². The number of alkyl carbamates (subject to hydrolysis) is 1. The first-order chi connectivity index (χ1) is 12.0. The molecule has 0 spiro atoms. The van der Waals surface area contributed by atoms with Crippen LogP contribution in [0.25, 0.3) is 0 Å². The van der Waals surface area contributed by atoms with Gasteiger partial charge in [0.15, 0.2) is 5.96 Å². The molecule has 0 aliphatic heterocycles. The Bertz CT molecular complexity index is 605. The topological polar surface area (TPSA) is 87.6 Å². The van der Waals surface area contributed by atoms with Gasteiger partial charge in [0.25, 0.3) is 0 Å². The van der Waals surface area contributed by atoms with Gasteiger partial charge in [0.2, 0.25) is 0 Å². The quantitative estimate of drug-likeness (QED) is 0.498. The van der Waals surface area contributed by atoms with Crippen LogP contribution in [0.2, 0.25) is 0 Å². The summed E-state index contributed by atoms with van der Waals surface area (Å²) in [6.45, 7) is 15.4. The molecule has 148 valence electrons. The number of thiazole rings is 1. The van der Waals surface area contributed by atoms with Crippen molar-refractivity contribution in [1.82, 2.24) is 20.9 Å². The number of hydrogen-bond acceptors (Lipinski definition) is 5. The van der Waals surface area contributed by atoms with Crippen LogP contribution in [-0.2, 0) is 11.2 Å². The highest BCUT2D eigenvalue weighted by molar-refractivity contribution is 7.11. The lowest BCUT2D eigenvalue weighted by Gasteiger charge is -2.27. The van der Waals surface area contributed by atoms with Crippen LogP contribution in [0.4, 0.5) is 4.79 Å². The Balaban J connectivity index is 2.53. The first-order valence-corrected chi connectivity index (χ1v) is 9.77.